The van der Waals surface area contributed by atoms with Crippen molar-refractivity contribution in [2.24, 2.45) is 0 Å². The molecule has 0 aliphatic carbocycles. The maximum absolute atomic E-state index is 11.4. The molecule has 0 fully saturated rings. The Labute approximate surface area is 171 Å². The van der Waals surface area contributed by atoms with Crippen molar-refractivity contribution in [1.29, 1.82) is 0 Å². The van der Waals surface area contributed by atoms with Gasteiger partial charge in [-0.05, 0) is 48.2 Å². The molecule has 2 rings (SSSR count). The van der Waals surface area contributed by atoms with Crippen LogP contribution >= 0.6 is 0 Å². The van der Waals surface area contributed by atoms with Crippen molar-refractivity contribution >= 4 is 11.9 Å². The molecular formula is C23H28O6. The van der Waals surface area contributed by atoms with Gasteiger partial charge in [0.1, 0.15) is 0 Å². The quantitative estimate of drug-likeness (QED) is 0.399. The van der Waals surface area contributed by atoms with Gasteiger partial charge in [0.15, 0.2) is 11.5 Å². The lowest BCUT2D eigenvalue weighted by Crippen LogP contribution is -2.18. The molecule has 0 heterocycles. The third kappa shape index (κ3) is 6.52. The summed E-state index contributed by atoms with van der Waals surface area (Å²) in [5.74, 6) is 0.150. The molecule has 156 valence electrons. The van der Waals surface area contributed by atoms with Gasteiger partial charge in [-0.15, -0.1) is 0 Å². The Balaban J connectivity index is 2.00. The van der Waals surface area contributed by atoms with E-state index in [1.54, 1.807) is 24.3 Å². The van der Waals surface area contributed by atoms with Crippen LogP contribution in [0.2, 0.25) is 0 Å². The smallest absolute Gasteiger partial charge is 0.287 e. The lowest BCUT2D eigenvalue weighted by atomic mass is 9.78. The van der Waals surface area contributed by atoms with E-state index in [1.807, 2.05) is 38.1 Å². The summed E-state index contributed by atoms with van der Waals surface area (Å²) in [7, 11) is 0. The maximum Gasteiger partial charge on any atom is 0.355 e. The molecule has 6 heteroatoms. The molecule has 2 aromatic rings. The second kappa shape index (κ2) is 10.5. The van der Waals surface area contributed by atoms with E-state index in [9.17, 15) is 9.59 Å². The standard InChI is InChI=1S/C23H28O6/c1-5-7-21(24)28-26-19-13-9-17(10-14-19)23(3,4)18-11-15-20(16-12-18)27-29-22(25)8-6-2/h9-16H,5-8H2,1-4H3. The minimum Gasteiger partial charge on any atom is -0.287 e. The Hall–Kier alpha value is -3.02. The number of benzene rings is 2. The largest absolute Gasteiger partial charge is 0.355 e. The van der Waals surface area contributed by atoms with Gasteiger partial charge in [0.2, 0.25) is 0 Å². The van der Waals surface area contributed by atoms with Gasteiger partial charge >= 0.3 is 11.9 Å². The fraction of sp³-hybridized carbons (Fsp3) is 0.391. The van der Waals surface area contributed by atoms with Crippen molar-refractivity contribution in [1.82, 2.24) is 0 Å². The summed E-state index contributed by atoms with van der Waals surface area (Å²) in [6, 6.07) is 14.8. The average Bonchev–Trinajstić information content (AvgIpc) is 2.72. The first-order valence-electron chi connectivity index (χ1n) is 9.82. The van der Waals surface area contributed by atoms with Gasteiger partial charge in [-0.1, -0.05) is 52.0 Å². The highest BCUT2D eigenvalue weighted by Gasteiger charge is 2.23. The highest BCUT2D eigenvalue weighted by atomic mass is 17.2. The van der Waals surface area contributed by atoms with Crippen molar-refractivity contribution in [2.75, 3.05) is 0 Å². The number of hydrogen-bond acceptors (Lipinski definition) is 6. The van der Waals surface area contributed by atoms with Crippen LogP contribution in [0.5, 0.6) is 11.5 Å². The van der Waals surface area contributed by atoms with E-state index in [0.717, 1.165) is 11.1 Å². The number of rotatable bonds is 10. The molecule has 0 amide bonds. The summed E-state index contributed by atoms with van der Waals surface area (Å²) < 4.78 is 0. The molecule has 0 aromatic heterocycles. The third-order valence-corrected chi connectivity index (χ3v) is 4.52. The maximum atomic E-state index is 11.4. The number of hydrogen-bond donors (Lipinski definition) is 0. The van der Waals surface area contributed by atoms with Gasteiger partial charge in [0, 0.05) is 18.3 Å². The molecule has 29 heavy (non-hydrogen) atoms. The zero-order chi connectivity index (χ0) is 21.3. The molecule has 0 aliphatic heterocycles. The molecule has 0 N–H and O–H groups in total. The van der Waals surface area contributed by atoms with Crippen molar-refractivity contribution < 1.29 is 29.1 Å². The first-order chi connectivity index (χ1) is 13.9. The van der Waals surface area contributed by atoms with Crippen LogP contribution in [-0.2, 0) is 24.8 Å². The normalized spacial score (nSPS) is 10.9. The summed E-state index contributed by atoms with van der Waals surface area (Å²) >= 11 is 0. The van der Waals surface area contributed by atoms with Crippen LogP contribution in [-0.4, -0.2) is 11.9 Å². The molecule has 0 unspecified atom stereocenters. The molecule has 0 bridgehead atoms. The first-order valence-corrected chi connectivity index (χ1v) is 9.82. The minimum atomic E-state index is -0.389. The molecule has 0 radical (unpaired) electrons. The van der Waals surface area contributed by atoms with Gasteiger partial charge in [0.05, 0.1) is 0 Å². The average molecular weight is 400 g/mol. The van der Waals surface area contributed by atoms with E-state index < -0.39 is 0 Å². The lowest BCUT2D eigenvalue weighted by Gasteiger charge is -2.26. The van der Waals surface area contributed by atoms with Gasteiger partial charge in [0.25, 0.3) is 0 Å². The van der Waals surface area contributed by atoms with Crippen LogP contribution in [0, 0.1) is 0 Å². The second-order valence-electron chi connectivity index (χ2n) is 7.25. The summed E-state index contributed by atoms with van der Waals surface area (Å²) in [5, 5.41) is 0. The third-order valence-electron chi connectivity index (χ3n) is 4.52. The zero-order valence-electron chi connectivity index (χ0n) is 17.4. The summed E-state index contributed by atoms with van der Waals surface area (Å²) in [6.07, 6.45) is 2.06. The summed E-state index contributed by atoms with van der Waals surface area (Å²) in [5.41, 5.74) is 1.84. The van der Waals surface area contributed by atoms with E-state index in [0.29, 0.717) is 37.2 Å². The van der Waals surface area contributed by atoms with E-state index in [-0.39, 0.29) is 17.4 Å². The molecule has 2 aromatic carbocycles. The first kappa shape index (κ1) is 22.3. The second-order valence-corrected chi connectivity index (χ2v) is 7.25. The van der Waals surface area contributed by atoms with E-state index >= 15 is 0 Å². The van der Waals surface area contributed by atoms with Crippen LogP contribution < -0.4 is 9.78 Å². The van der Waals surface area contributed by atoms with E-state index in [1.165, 1.54) is 0 Å². The highest BCUT2D eigenvalue weighted by Crippen LogP contribution is 2.33. The fourth-order valence-corrected chi connectivity index (χ4v) is 2.70. The molecule has 6 nitrogen and oxygen atoms in total. The van der Waals surface area contributed by atoms with Gasteiger partial charge in [-0.3, -0.25) is 19.6 Å². The molecule has 0 saturated heterocycles. The molecule has 0 spiro atoms. The lowest BCUT2D eigenvalue weighted by molar-refractivity contribution is -0.214. The van der Waals surface area contributed by atoms with Crippen LogP contribution in [0.3, 0.4) is 0 Å². The topological polar surface area (TPSA) is 71.1 Å². The van der Waals surface area contributed by atoms with Crippen LogP contribution in [0.4, 0.5) is 0 Å². The SMILES string of the molecule is CCCC(=O)OOc1ccc(C(C)(C)c2ccc(OOC(=O)CCC)cc2)cc1. The molecule has 0 atom stereocenters. The van der Waals surface area contributed by atoms with Gasteiger partial charge in [-0.2, -0.15) is 0 Å². The van der Waals surface area contributed by atoms with Gasteiger partial charge < -0.3 is 0 Å². The Morgan fingerprint density at radius 2 is 1.03 bits per heavy atom. The van der Waals surface area contributed by atoms with Crippen LogP contribution in [0.1, 0.15) is 64.5 Å². The Morgan fingerprint density at radius 3 is 1.34 bits per heavy atom. The Kier molecular flexibility index (Phi) is 8.07. The van der Waals surface area contributed by atoms with Crippen LogP contribution in [0.15, 0.2) is 48.5 Å². The predicted octanol–water partition coefficient (Wildman–Crippen LogP) is 5.29. The van der Waals surface area contributed by atoms with E-state index in [2.05, 4.69) is 13.8 Å². The summed E-state index contributed by atoms with van der Waals surface area (Å²) in [6.45, 7) is 7.99. The van der Waals surface area contributed by atoms with Gasteiger partial charge in [-0.25, -0.2) is 9.59 Å². The molecule has 0 aliphatic rings. The number of carbonyl (C=O) groups excluding carboxylic acids is 2. The number of carbonyl (C=O) groups is 2. The van der Waals surface area contributed by atoms with Crippen molar-refractivity contribution in [2.45, 2.75) is 58.8 Å². The zero-order valence-corrected chi connectivity index (χ0v) is 17.4. The molecular weight excluding hydrogens is 372 g/mol. The molecule has 0 saturated carbocycles. The van der Waals surface area contributed by atoms with Crippen LogP contribution in [0.25, 0.3) is 0 Å². The summed E-state index contributed by atoms with van der Waals surface area (Å²) in [4.78, 5) is 42.4. The Morgan fingerprint density at radius 1 is 0.690 bits per heavy atom. The minimum absolute atomic E-state index is 0.283. The van der Waals surface area contributed by atoms with Crippen molar-refractivity contribution in [3.05, 3.63) is 59.7 Å². The Bertz CT molecular complexity index is 726. The van der Waals surface area contributed by atoms with Crippen molar-refractivity contribution in [3.8, 4) is 11.5 Å². The fourth-order valence-electron chi connectivity index (χ4n) is 2.70. The predicted molar refractivity (Wildman–Crippen MR) is 108 cm³/mol. The van der Waals surface area contributed by atoms with Crippen molar-refractivity contribution in [3.63, 3.8) is 0 Å². The van der Waals surface area contributed by atoms with E-state index in [4.69, 9.17) is 19.6 Å². The highest BCUT2D eigenvalue weighted by molar-refractivity contribution is 5.69. The monoisotopic (exact) mass is 400 g/mol.